The maximum atomic E-state index is 15.7. The molecule has 1 aromatic heterocycles. The summed E-state index contributed by atoms with van der Waals surface area (Å²) >= 11 is 0. The van der Waals surface area contributed by atoms with Gasteiger partial charge < -0.3 is 0 Å². The van der Waals surface area contributed by atoms with Crippen molar-refractivity contribution in [1.82, 2.24) is 4.98 Å². The van der Waals surface area contributed by atoms with Crippen LogP contribution < -0.4 is 0 Å². The van der Waals surface area contributed by atoms with E-state index in [-0.39, 0.29) is 11.3 Å². The van der Waals surface area contributed by atoms with Crippen molar-refractivity contribution in [1.29, 1.82) is 0 Å². The molecule has 0 saturated carbocycles. The van der Waals surface area contributed by atoms with Gasteiger partial charge >= 0.3 is 0 Å². The van der Waals surface area contributed by atoms with E-state index in [9.17, 15) is 0 Å². The topological polar surface area (TPSA) is 12.9 Å². The van der Waals surface area contributed by atoms with Crippen LogP contribution in [0.4, 0.5) is 4.39 Å². The van der Waals surface area contributed by atoms with Crippen molar-refractivity contribution in [2.45, 2.75) is 20.1 Å². The van der Waals surface area contributed by atoms with E-state index in [1.807, 2.05) is 6.07 Å². The Hall–Kier alpha value is -2.48. The smallest absolute Gasteiger partial charge is 0.135 e. The Balaban J connectivity index is 2.26. The number of rotatable bonds is 4. The molecule has 116 valence electrons. The maximum Gasteiger partial charge on any atom is 0.135 e. The number of nitrogens with zero attached hydrogens (tertiary/aromatic N) is 1. The van der Waals surface area contributed by atoms with Crippen LogP contribution in [0.5, 0.6) is 0 Å². The van der Waals surface area contributed by atoms with E-state index < -0.39 is 37.4 Å². The van der Waals surface area contributed by atoms with E-state index in [1.54, 1.807) is 36.4 Å². The fourth-order valence-electron chi connectivity index (χ4n) is 2.42. The van der Waals surface area contributed by atoms with Crippen LogP contribution in [-0.2, 0) is 6.37 Å². The first-order valence-electron chi connectivity index (χ1n) is 11.5. The third-order valence-electron chi connectivity index (χ3n) is 3.41. The zero-order chi connectivity index (χ0) is 23.9. The van der Waals surface area contributed by atoms with Gasteiger partial charge in [-0.15, -0.1) is 0 Å². The zero-order valence-electron chi connectivity index (χ0n) is 21.2. The summed E-state index contributed by atoms with van der Waals surface area (Å²) < 4.78 is 86.2. The molecule has 0 saturated heterocycles. The zero-order valence-corrected chi connectivity index (χ0v) is 12.2. The first-order chi connectivity index (χ1) is 14.7. The molecule has 0 N–H and O–H groups in total. The van der Waals surface area contributed by atoms with Crippen molar-refractivity contribution in [3.8, 4) is 22.4 Å². The summed E-state index contributed by atoms with van der Waals surface area (Å²) in [4.78, 5) is 4.24. The molecule has 3 rings (SSSR count). The normalized spacial score (nSPS) is 18.9. The molecule has 2 heteroatoms. The number of hydrogen-bond acceptors (Lipinski definition) is 1. The highest BCUT2D eigenvalue weighted by molar-refractivity contribution is 5.81. The average molecular weight is 314 g/mol. The quantitative estimate of drug-likeness (QED) is 0.597. The highest BCUT2D eigenvalue weighted by Crippen LogP contribution is 2.32. The number of aromatic nitrogens is 1. The van der Waals surface area contributed by atoms with Gasteiger partial charge in [-0.2, -0.15) is 0 Å². The van der Waals surface area contributed by atoms with Gasteiger partial charge in [0.05, 0.1) is 5.69 Å². The van der Waals surface area contributed by atoms with Gasteiger partial charge in [0.1, 0.15) is 5.82 Å². The van der Waals surface area contributed by atoms with Gasteiger partial charge in [-0.3, -0.25) is 4.98 Å². The molecule has 0 amide bonds. The highest BCUT2D eigenvalue weighted by atomic mass is 19.1. The van der Waals surface area contributed by atoms with Gasteiger partial charge in [-0.25, -0.2) is 4.39 Å². The number of halogens is 1. The minimum atomic E-state index is -3.61. The summed E-state index contributed by atoms with van der Waals surface area (Å²) in [6.07, 6.45) is -1.95. The Bertz CT molecular complexity index is 1090. The Labute approximate surface area is 149 Å². The number of benzene rings is 2. The Kier molecular flexibility index (Phi) is 2.31. The molecule has 2 aromatic carbocycles. The summed E-state index contributed by atoms with van der Waals surface area (Å²) in [5, 5.41) is 0. The molecule has 0 aliphatic rings. The Morgan fingerprint density at radius 2 is 1.83 bits per heavy atom. The molecule has 1 heterocycles. The van der Waals surface area contributed by atoms with E-state index >= 15 is 4.39 Å². The molecule has 0 atom stereocenters. The Morgan fingerprint density at radius 1 is 1.04 bits per heavy atom. The second-order valence-electron chi connectivity index (χ2n) is 4.93. The molecule has 0 aliphatic heterocycles. The highest BCUT2D eigenvalue weighted by Gasteiger charge is 2.15. The summed E-state index contributed by atoms with van der Waals surface area (Å²) in [5.74, 6) is -4.78. The molecule has 1 nitrogen and oxygen atoms in total. The molecule has 0 radical (unpaired) electrons. The SMILES string of the molecule is [2H]C([2H])([2H])C([2H])(C([2H])([2H])[2H])C([2H])([2H])c1cccc(-c2ncccc2-c2ccccc2)c1F. The molecule has 0 bridgehead atoms. The van der Waals surface area contributed by atoms with Gasteiger partial charge in [0.25, 0.3) is 0 Å². The predicted molar refractivity (Wildman–Crippen MR) is 93.6 cm³/mol. The number of hydrogen-bond donors (Lipinski definition) is 0. The van der Waals surface area contributed by atoms with Crippen molar-refractivity contribution in [3.05, 3.63) is 78.2 Å². The van der Waals surface area contributed by atoms with E-state index in [4.69, 9.17) is 12.3 Å². The van der Waals surface area contributed by atoms with Crippen molar-refractivity contribution < 1.29 is 16.7 Å². The monoisotopic (exact) mass is 314 g/mol. The molecule has 0 unspecified atom stereocenters. The van der Waals surface area contributed by atoms with E-state index in [2.05, 4.69) is 4.98 Å². The summed E-state index contributed by atoms with van der Waals surface area (Å²) in [7, 11) is 0. The molecule has 0 fully saturated rings. The van der Waals surface area contributed by atoms with Crippen molar-refractivity contribution in [2.75, 3.05) is 0 Å². The van der Waals surface area contributed by atoms with Crippen LogP contribution in [0.25, 0.3) is 22.4 Å². The average Bonchev–Trinajstić information content (AvgIpc) is 2.72. The van der Waals surface area contributed by atoms with Crippen LogP contribution in [0.3, 0.4) is 0 Å². The lowest BCUT2D eigenvalue weighted by atomic mass is 9.95. The van der Waals surface area contributed by atoms with Crippen LogP contribution in [-0.4, -0.2) is 4.98 Å². The van der Waals surface area contributed by atoms with E-state index in [0.29, 0.717) is 5.56 Å². The minimum Gasteiger partial charge on any atom is -0.255 e. The second-order valence-corrected chi connectivity index (χ2v) is 4.93. The van der Waals surface area contributed by atoms with Gasteiger partial charge in [-0.1, -0.05) is 62.2 Å². The molecule has 3 aromatic rings. The van der Waals surface area contributed by atoms with Crippen LogP contribution >= 0.6 is 0 Å². The summed E-state index contributed by atoms with van der Waals surface area (Å²) in [6, 6.07) is 15.9. The third kappa shape index (κ3) is 3.31. The van der Waals surface area contributed by atoms with E-state index in [0.717, 1.165) is 11.6 Å². The third-order valence-corrected chi connectivity index (χ3v) is 3.41. The largest absolute Gasteiger partial charge is 0.255 e. The fourth-order valence-corrected chi connectivity index (χ4v) is 2.42. The molecule has 0 aliphatic carbocycles. The van der Waals surface area contributed by atoms with Crippen LogP contribution in [0.15, 0.2) is 66.9 Å². The predicted octanol–water partition coefficient (Wildman–Crippen LogP) is 5.75. The summed E-state index contributed by atoms with van der Waals surface area (Å²) in [6.45, 7) is -7.13. The minimum absolute atomic E-state index is 0.135. The van der Waals surface area contributed by atoms with E-state index in [1.165, 1.54) is 18.3 Å². The van der Waals surface area contributed by atoms with Crippen molar-refractivity contribution in [3.63, 3.8) is 0 Å². The molecular weight excluding hydrogens is 285 g/mol. The standard InChI is InChI=1S/C21H20FN/c1-15(2)14-17-10-6-11-19(20(17)22)21-18(12-7-13-23-21)16-8-4-3-5-9-16/h3-13,15H,14H2,1-2H3/i1D3,2D3,14D2,15D. The lowest BCUT2D eigenvalue weighted by Crippen LogP contribution is -2.00. The van der Waals surface area contributed by atoms with Gasteiger partial charge in [0, 0.05) is 29.7 Å². The van der Waals surface area contributed by atoms with Crippen LogP contribution in [0.2, 0.25) is 0 Å². The lowest BCUT2D eigenvalue weighted by Gasteiger charge is -2.13. The lowest BCUT2D eigenvalue weighted by molar-refractivity contribution is 0.576. The first kappa shape index (κ1) is 7.87. The van der Waals surface area contributed by atoms with Gasteiger partial charge in [0.2, 0.25) is 0 Å². The molecule has 0 spiro atoms. The molecule has 23 heavy (non-hydrogen) atoms. The number of pyridine rings is 1. The van der Waals surface area contributed by atoms with Crippen LogP contribution in [0, 0.1) is 11.7 Å². The van der Waals surface area contributed by atoms with Crippen molar-refractivity contribution >= 4 is 0 Å². The second kappa shape index (κ2) is 6.74. The van der Waals surface area contributed by atoms with Crippen LogP contribution in [0.1, 0.15) is 31.6 Å². The summed E-state index contributed by atoms with van der Waals surface area (Å²) in [5.41, 5.74) is 0.482. The first-order valence-corrected chi connectivity index (χ1v) is 7.03. The molecular formula is C21H20FN. The van der Waals surface area contributed by atoms with Crippen molar-refractivity contribution in [2.24, 2.45) is 5.89 Å². The maximum absolute atomic E-state index is 15.7. The van der Waals surface area contributed by atoms with Gasteiger partial charge in [-0.05, 0) is 35.5 Å². The fraction of sp³-hybridized carbons (Fsp3) is 0.190. The Morgan fingerprint density at radius 3 is 2.61 bits per heavy atom. The van der Waals surface area contributed by atoms with Gasteiger partial charge in [0.15, 0.2) is 0 Å².